The number of fused-ring (bicyclic) bond motifs is 2. The van der Waals surface area contributed by atoms with E-state index in [1.54, 1.807) is 10.8 Å². The summed E-state index contributed by atoms with van der Waals surface area (Å²) in [6.07, 6.45) is 1.81. The predicted octanol–water partition coefficient (Wildman–Crippen LogP) is 2.46. The lowest BCUT2D eigenvalue weighted by Gasteiger charge is -2.23. The number of hydrogen-bond acceptors (Lipinski definition) is 6. The molecule has 7 nitrogen and oxygen atoms in total. The van der Waals surface area contributed by atoms with Gasteiger partial charge in [0, 0.05) is 10.7 Å². The van der Waals surface area contributed by atoms with Crippen molar-refractivity contribution in [1.29, 1.82) is 0 Å². The lowest BCUT2D eigenvalue weighted by atomic mass is 10.1. The highest BCUT2D eigenvalue weighted by Gasteiger charge is 2.56. The monoisotopic (exact) mass is 401 g/mol. The van der Waals surface area contributed by atoms with Crippen LogP contribution in [-0.4, -0.2) is 44.9 Å². The van der Waals surface area contributed by atoms with Gasteiger partial charge in [-0.15, -0.1) is 0 Å². The van der Waals surface area contributed by atoms with Gasteiger partial charge < -0.3 is 23.6 Å². The fourth-order valence-electron chi connectivity index (χ4n) is 3.14. The second-order valence-corrected chi connectivity index (χ2v) is 7.15. The van der Waals surface area contributed by atoms with E-state index in [1.165, 1.54) is 6.33 Å². The topological polar surface area (TPSA) is 75.5 Å². The average Bonchev–Trinajstić information content (AvgIpc) is 3.08. The molecular formula is C14H13BrClN3O4. The Bertz CT molecular complexity index is 796. The number of aromatic nitrogens is 3. The summed E-state index contributed by atoms with van der Waals surface area (Å²) in [4.78, 5) is 19.6. The Morgan fingerprint density at radius 3 is 2.83 bits per heavy atom. The first-order valence-electron chi connectivity index (χ1n) is 7.04. The van der Waals surface area contributed by atoms with E-state index in [1.807, 2.05) is 13.8 Å². The second-order valence-electron chi connectivity index (χ2n) is 5.94. The van der Waals surface area contributed by atoms with E-state index in [2.05, 4.69) is 25.9 Å². The minimum atomic E-state index is -0.772. The molecular weight excluding hydrogens is 390 g/mol. The van der Waals surface area contributed by atoms with Crippen molar-refractivity contribution < 1.29 is 19.0 Å². The van der Waals surface area contributed by atoms with Crippen molar-refractivity contribution >= 4 is 44.9 Å². The van der Waals surface area contributed by atoms with Crippen molar-refractivity contribution in [3.63, 3.8) is 0 Å². The number of ether oxygens (including phenoxy) is 3. The van der Waals surface area contributed by atoms with Gasteiger partial charge in [0.25, 0.3) is 0 Å². The van der Waals surface area contributed by atoms with Crippen LogP contribution < -0.4 is 0 Å². The Morgan fingerprint density at radius 2 is 2.09 bits per heavy atom. The lowest BCUT2D eigenvalue weighted by Crippen LogP contribution is -2.30. The van der Waals surface area contributed by atoms with Crippen molar-refractivity contribution in [3.8, 4) is 0 Å². The van der Waals surface area contributed by atoms with Crippen LogP contribution in [0.15, 0.2) is 17.0 Å². The molecule has 0 spiro atoms. The van der Waals surface area contributed by atoms with Gasteiger partial charge in [0.15, 0.2) is 18.3 Å². The zero-order valence-electron chi connectivity index (χ0n) is 12.3. The molecule has 0 radical (unpaired) electrons. The molecule has 2 aliphatic rings. The van der Waals surface area contributed by atoms with Gasteiger partial charge in [-0.2, -0.15) is 0 Å². The van der Waals surface area contributed by atoms with Gasteiger partial charge in [-0.1, -0.05) is 11.6 Å². The maximum absolute atomic E-state index is 11.3. The van der Waals surface area contributed by atoms with Gasteiger partial charge >= 0.3 is 0 Å². The van der Waals surface area contributed by atoms with Crippen LogP contribution in [0.1, 0.15) is 20.1 Å². The summed E-state index contributed by atoms with van der Waals surface area (Å²) >= 11 is 9.61. The van der Waals surface area contributed by atoms with E-state index < -0.39 is 30.3 Å². The summed E-state index contributed by atoms with van der Waals surface area (Å²) in [6.45, 7) is 3.62. The molecule has 23 heavy (non-hydrogen) atoms. The van der Waals surface area contributed by atoms with Crippen LogP contribution in [0.25, 0.3) is 11.0 Å². The highest BCUT2D eigenvalue weighted by molar-refractivity contribution is 9.10. The highest BCUT2D eigenvalue weighted by Crippen LogP contribution is 2.44. The van der Waals surface area contributed by atoms with Gasteiger partial charge in [-0.3, -0.25) is 0 Å². The molecule has 2 fully saturated rings. The Kier molecular flexibility index (Phi) is 3.51. The van der Waals surface area contributed by atoms with Crippen molar-refractivity contribution in [2.45, 2.75) is 44.2 Å². The molecule has 0 saturated carbocycles. The van der Waals surface area contributed by atoms with Gasteiger partial charge in [-0.25, -0.2) is 9.97 Å². The molecule has 2 saturated heterocycles. The number of hydrogen-bond donors (Lipinski definition) is 0. The standard InChI is InChI=1S/C14H13BrClN3O4/c1-14(2)22-9-7(4-20)21-13(10(9)23-14)19-3-6(15)8-11(16)17-5-18-12(8)19/h3-5,7,9-10,13H,1-2H3/t7-,9-,10-,13-/m1/s1. The Morgan fingerprint density at radius 1 is 1.35 bits per heavy atom. The molecule has 0 amide bonds. The van der Waals surface area contributed by atoms with Gasteiger partial charge in [0.2, 0.25) is 0 Å². The van der Waals surface area contributed by atoms with E-state index in [0.29, 0.717) is 16.2 Å². The fraction of sp³-hybridized carbons (Fsp3) is 0.500. The maximum atomic E-state index is 11.3. The molecule has 4 heterocycles. The van der Waals surface area contributed by atoms with Crippen molar-refractivity contribution in [1.82, 2.24) is 14.5 Å². The van der Waals surface area contributed by atoms with Crippen LogP contribution in [0.3, 0.4) is 0 Å². The average molecular weight is 403 g/mol. The molecule has 4 rings (SSSR count). The van der Waals surface area contributed by atoms with Crippen molar-refractivity contribution in [3.05, 3.63) is 22.1 Å². The molecule has 0 N–H and O–H groups in total. The maximum Gasteiger partial charge on any atom is 0.165 e. The minimum absolute atomic E-state index is 0.339. The van der Waals surface area contributed by atoms with E-state index in [-0.39, 0.29) is 0 Å². The highest BCUT2D eigenvalue weighted by atomic mass is 79.9. The molecule has 2 aliphatic heterocycles. The largest absolute Gasteiger partial charge is 0.342 e. The summed E-state index contributed by atoms with van der Waals surface area (Å²) in [7, 11) is 0. The van der Waals surface area contributed by atoms with Crippen LogP contribution in [0, 0.1) is 0 Å². The molecule has 4 atom stereocenters. The van der Waals surface area contributed by atoms with Crippen LogP contribution in [0.5, 0.6) is 0 Å². The fourth-order valence-corrected chi connectivity index (χ4v) is 4.07. The zero-order valence-corrected chi connectivity index (χ0v) is 14.6. The summed E-state index contributed by atoms with van der Waals surface area (Å²) in [6, 6.07) is 0. The first-order valence-corrected chi connectivity index (χ1v) is 8.21. The van der Waals surface area contributed by atoms with Gasteiger partial charge in [-0.05, 0) is 29.8 Å². The van der Waals surface area contributed by atoms with Crippen LogP contribution in [0.2, 0.25) is 5.15 Å². The van der Waals surface area contributed by atoms with Gasteiger partial charge in [0.1, 0.15) is 35.4 Å². The van der Waals surface area contributed by atoms with Crippen LogP contribution in [0.4, 0.5) is 0 Å². The van der Waals surface area contributed by atoms with E-state index in [4.69, 9.17) is 25.8 Å². The van der Waals surface area contributed by atoms with Crippen LogP contribution >= 0.6 is 27.5 Å². The quantitative estimate of drug-likeness (QED) is 0.567. The first kappa shape index (κ1) is 15.5. The molecule has 9 heteroatoms. The summed E-state index contributed by atoms with van der Waals surface area (Å²) < 4.78 is 20.1. The Hall–Kier alpha value is -1.06. The van der Waals surface area contributed by atoms with E-state index in [0.717, 1.165) is 10.8 Å². The lowest BCUT2D eigenvalue weighted by molar-refractivity contribution is -0.194. The van der Waals surface area contributed by atoms with Crippen molar-refractivity contribution in [2.24, 2.45) is 0 Å². The Labute approximate surface area is 145 Å². The number of rotatable bonds is 2. The molecule has 2 aromatic rings. The first-order chi connectivity index (χ1) is 10.9. The third-order valence-corrected chi connectivity index (χ3v) is 4.88. The summed E-state index contributed by atoms with van der Waals surface area (Å²) in [5.41, 5.74) is 0.598. The summed E-state index contributed by atoms with van der Waals surface area (Å²) in [5.74, 6) is -0.772. The van der Waals surface area contributed by atoms with Gasteiger partial charge in [0.05, 0.1) is 5.39 Å². The second kappa shape index (κ2) is 5.22. The molecule has 0 unspecified atom stereocenters. The number of nitrogens with zero attached hydrogens (tertiary/aromatic N) is 3. The van der Waals surface area contributed by atoms with Crippen LogP contribution in [-0.2, 0) is 19.0 Å². The molecule has 0 bridgehead atoms. The molecule has 122 valence electrons. The van der Waals surface area contributed by atoms with Crippen molar-refractivity contribution in [2.75, 3.05) is 0 Å². The Balaban J connectivity index is 1.82. The van der Waals surface area contributed by atoms with E-state index >= 15 is 0 Å². The molecule has 0 aliphatic carbocycles. The number of aldehydes is 1. The number of halogens is 2. The minimum Gasteiger partial charge on any atom is -0.342 e. The zero-order chi connectivity index (χ0) is 16.4. The smallest absolute Gasteiger partial charge is 0.165 e. The SMILES string of the molecule is CC1(C)O[C@@H]2[C@H](O1)[C@@H](C=O)O[C@H]2n1cc(Br)c2c(Cl)ncnc21. The third kappa shape index (κ3) is 2.32. The van der Waals surface area contributed by atoms with E-state index in [9.17, 15) is 4.79 Å². The normalized spacial score (nSPS) is 32.3. The summed E-state index contributed by atoms with van der Waals surface area (Å²) in [5, 5.41) is 1.02. The molecule has 0 aromatic carbocycles. The molecule has 2 aromatic heterocycles. The number of carbonyl (C=O) groups excluding carboxylic acids is 1. The number of carbonyl (C=O) groups is 1. The third-order valence-electron chi connectivity index (χ3n) is 3.99. The predicted molar refractivity (Wildman–Crippen MR) is 84.0 cm³/mol.